The SMILES string of the molecule is Cc1ccc2[nH]c(C(C3=C(O)C(c4ccccc4)CC3=O)c3ccccc3)c(CCN)c2c1. The molecule has 2 atom stereocenters. The number of carbonyl (C=O) groups is 1. The lowest BCUT2D eigenvalue weighted by atomic mass is 9.84. The molecule has 0 bridgehead atoms. The fourth-order valence-corrected chi connectivity index (χ4v) is 5.16. The molecule has 0 aliphatic heterocycles. The Morgan fingerprint density at radius 2 is 1.73 bits per heavy atom. The third kappa shape index (κ3) is 3.77. The summed E-state index contributed by atoms with van der Waals surface area (Å²) in [5, 5.41) is 12.6. The number of aromatic nitrogens is 1. The molecule has 33 heavy (non-hydrogen) atoms. The molecule has 1 heterocycles. The molecule has 4 aromatic rings. The number of aryl methyl sites for hydroxylation is 1. The van der Waals surface area contributed by atoms with Crippen molar-refractivity contribution in [2.75, 3.05) is 6.54 Å². The minimum Gasteiger partial charge on any atom is -0.511 e. The van der Waals surface area contributed by atoms with Crippen molar-refractivity contribution in [1.82, 2.24) is 4.98 Å². The highest BCUT2D eigenvalue weighted by atomic mass is 16.3. The van der Waals surface area contributed by atoms with Crippen LogP contribution in [0.25, 0.3) is 10.9 Å². The molecule has 4 heteroatoms. The van der Waals surface area contributed by atoms with Gasteiger partial charge in [-0.05, 0) is 48.7 Å². The molecule has 1 aliphatic rings. The fraction of sp³-hybridized carbons (Fsp3) is 0.207. The van der Waals surface area contributed by atoms with E-state index in [1.807, 2.05) is 60.7 Å². The molecule has 1 aliphatic carbocycles. The molecule has 4 N–H and O–H groups in total. The Labute approximate surface area is 193 Å². The highest BCUT2D eigenvalue weighted by molar-refractivity contribution is 6.02. The summed E-state index contributed by atoms with van der Waals surface area (Å²) in [4.78, 5) is 17.0. The van der Waals surface area contributed by atoms with Gasteiger partial charge in [-0.2, -0.15) is 0 Å². The third-order valence-corrected chi connectivity index (χ3v) is 6.70. The molecule has 0 radical (unpaired) electrons. The lowest BCUT2D eigenvalue weighted by molar-refractivity contribution is -0.115. The summed E-state index contributed by atoms with van der Waals surface area (Å²) in [5.41, 5.74) is 12.7. The molecule has 0 fully saturated rings. The van der Waals surface area contributed by atoms with Gasteiger partial charge in [-0.25, -0.2) is 0 Å². The van der Waals surface area contributed by atoms with Crippen LogP contribution in [0.2, 0.25) is 0 Å². The number of rotatable bonds is 6. The largest absolute Gasteiger partial charge is 0.511 e. The second-order valence-electron chi connectivity index (χ2n) is 8.84. The van der Waals surface area contributed by atoms with Crippen molar-refractivity contribution in [3.8, 4) is 0 Å². The van der Waals surface area contributed by atoms with Crippen molar-refractivity contribution in [3.63, 3.8) is 0 Å². The Morgan fingerprint density at radius 3 is 2.42 bits per heavy atom. The van der Waals surface area contributed by atoms with E-state index < -0.39 is 0 Å². The summed E-state index contributed by atoms with van der Waals surface area (Å²) < 4.78 is 0. The van der Waals surface area contributed by atoms with Gasteiger partial charge in [0.05, 0.1) is 5.92 Å². The third-order valence-electron chi connectivity index (χ3n) is 6.70. The van der Waals surface area contributed by atoms with E-state index in [0.717, 1.165) is 33.3 Å². The van der Waals surface area contributed by atoms with Crippen molar-refractivity contribution >= 4 is 16.7 Å². The molecular weight excluding hydrogens is 408 g/mol. The predicted molar refractivity (Wildman–Crippen MR) is 133 cm³/mol. The maximum atomic E-state index is 13.4. The van der Waals surface area contributed by atoms with Gasteiger partial charge in [-0.1, -0.05) is 72.3 Å². The lowest BCUT2D eigenvalue weighted by Crippen LogP contribution is -2.14. The Bertz CT molecular complexity index is 1340. The summed E-state index contributed by atoms with van der Waals surface area (Å²) >= 11 is 0. The van der Waals surface area contributed by atoms with Crippen molar-refractivity contribution in [1.29, 1.82) is 0 Å². The van der Waals surface area contributed by atoms with Crippen LogP contribution in [0.1, 0.15) is 46.2 Å². The lowest BCUT2D eigenvalue weighted by Gasteiger charge is -2.20. The molecule has 3 aromatic carbocycles. The van der Waals surface area contributed by atoms with Gasteiger partial charge in [0.2, 0.25) is 0 Å². The molecule has 166 valence electrons. The smallest absolute Gasteiger partial charge is 0.164 e. The Balaban J connectivity index is 1.74. The second-order valence-corrected chi connectivity index (χ2v) is 8.84. The average molecular weight is 437 g/mol. The number of nitrogens with one attached hydrogen (secondary N) is 1. The zero-order valence-electron chi connectivity index (χ0n) is 18.7. The zero-order chi connectivity index (χ0) is 22.9. The van der Waals surface area contributed by atoms with Gasteiger partial charge >= 0.3 is 0 Å². The fourth-order valence-electron chi connectivity index (χ4n) is 5.16. The number of aliphatic hydroxyl groups excluding tert-OH is 1. The van der Waals surface area contributed by atoms with Crippen LogP contribution in [0.4, 0.5) is 0 Å². The number of hydrogen-bond donors (Lipinski definition) is 3. The van der Waals surface area contributed by atoms with Crippen molar-refractivity contribution in [2.45, 2.75) is 31.6 Å². The quantitative estimate of drug-likeness (QED) is 0.364. The van der Waals surface area contributed by atoms with Gasteiger partial charge in [0, 0.05) is 34.5 Å². The molecule has 2 unspecified atom stereocenters. The maximum absolute atomic E-state index is 13.4. The number of nitrogens with two attached hydrogens (primary N) is 1. The van der Waals surface area contributed by atoms with Crippen LogP contribution in [0, 0.1) is 6.92 Å². The standard InChI is InChI=1S/C29H28N2O2/c1-18-12-13-24-23(16-18)21(14-15-30)28(31-24)26(20-10-6-3-7-11-20)27-25(32)17-22(29(27)33)19-8-4-2-5-9-19/h2-13,16,22,26,31,33H,14-15,17,30H2,1H3. The van der Waals surface area contributed by atoms with Gasteiger partial charge in [0.1, 0.15) is 5.76 Å². The highest BCUT2D eigenvalue weighted by Gasteiger charge is 2.40. The summed E-state index contributed by atoms with van der Waals surface area (Å²) in [7, 11) is 0. The number of hydrogen-bond acceptors (Lipinski definition) is 3. The van der Waals surface area contributed by atoms with Crippen LogP contribution in [-0.2, 0) is 11.2 Å². The number of aliphatic hydroxyl groups is 1. The first kappa shape index (κ1) is 21.2. The van der Waals surface area contributed by atoms with Crippen molar-refractivity contribution < 1.29 is 9.90 Å². The van der Waals surface area contributed by atoms with E-state index in [0.29, 0.717) is 18.5 Å². The number of carbonyl (C=O) groups excluding carboxylic acids is 1. The monoisotopic (exact) mass is 436 g/mol. The molecule has 0 amide bonds. The second kappa shape index (κ2) is 8.72. The summed E-state index contributed by atoms with van der Waals surface area (Å²) in [5.74, 6) is -0.538. The number of ketones is 1. The number of H-pyrrole nitrogens is 1. The van der Waals surface area contributed by atoms with E-state index >= 15 is 0 Å². The molecule has 0 saturated carbocycles. The maximum Gasteiger partial charge on any atom is 0.164 e. The highest BCUT2D eigenvalue weighted by Crippen LogP contribution is 2.45. The van der Waals surface area contributed by atoms with Crippen LogP contribution in [0.5, 0.6) is 0 Å². The van der Waals surface area contributed by atoms with Gasteiger partial charge in [0.25, 0.3) is 0 Å². The topological polar surface area (TPSA) is 79.1 Å². The Hall–Kier alpha value is -3.63. The Morgan fingerprint density at radius 1 is 1.03 bits per heavy atom. The number of allylic oxidation sites excluding steroid dienone is 2. The van der Waals surface area contributed by atoms with Crippen LogP contribution in [0.15, 0.2) is 90.2 Å². The minimum atomic E-state index is -0.387. The number of benzene rings is 3. The summed E-state index contributed by atoms with van der Waals surface area (Å²) in [6.07, 6.45) is 0.965. The molecule has 1 aromatic heterocycles. The predicted octanol–water partition coefficient (Wildman–Crippen LogP) is 5.68. The van der Waals surface area contributed by atoms with Gasteiger partial charge in [-0.3, -0.25) is 4.79 Å². The minimum absolute atomic E-state index is 0.0104. The van der Waals surface area contributed by atoms with E-state index in [1.165, 1.54) is 5.56 Å². The number of fused-ring (bicyclic) bond motifs is 1. The van der Waals surface area contributed by atoms with Crippen LogP contribution in [0.3, 0.4) is 0 Å². The van der Waals surface area contributed by atoms with E-state index in [-0.39, 0.29) is 29.8 Å². The number of aromatic amines is 1. The molecule has 0 saturated heterocycles. The number of Topliss-reactive ketones (excluding diaryl/α,β-unsaturated/α-hetero) is 1. The molecular formula is C29H28N2O2. The average Bonchev–Trinajstić information content (AvgIpc) is 3.33. The van der Waals surface area contributed by atoms with Crippen LogP contribution < -0.4 is 5.73 Å². The van der Waals surface area contributed by atoms with E-state index in [2.05, 4.69) is 30.1 Å². The molecule has 4 nitrogen and oxygen atoms in total. The Kier molecular flexibility index (Phi) is 5.61. The first-order valence-corrected chi connectivity index (χ1v) is 11.5. The van der Waals surface area contributed by atoms with Gasteiger partial charge < -0.3 is 15.8 Å². The van der Waals surface area contributed by atoms with E-state index in [1.54, 1.807) is 0 Å². The molecule has 0 spiro atoms. The molecule has 5 rings (SSSR count). The summed E-state index contributed by atoms with van der Waals surface area (Å²) in [6, 6.07) is 26.1. The first-order valence-electron chi connectivity index (χ1n) is 11.5. The van der Waals surface area contributed by atoms with Crippen molar-refractivity contribution in [3.05, 3.63) is 118 Å². The van der Waals surface area contributed by atoms with Crippen LogP contribution >= 0.6 is 0 Å². The van der Waals surface area contributed by atoms with Gasteiger partial charge in [0.15, 0.2) is 5.78 Å². The van der Waals surface area contributed by atoms with E-state index in [4.69, 9.17) is 5.73 Å². The van der Waals surface area contributed by atoms with Gasteiger partial charge in [-0.15, -0.1) is 0 Å². The summed E-state index contributed by atoms with van der Waals surface area (Å²) in [6.45, 7) is 2.58. The zero-order valence-corrected chi connectivity index (χ0v) is 18.7. The normalized spacial score (nSPS) is 17.2. The van der Waals surface area contributed by atoms with Crippen molar-refractivity contribution in [2.24, 2.45) is 5.73 Å². The van der Waals surface area contributed by atoms with Crippen LogP contribution in [-0.4, -0.2) is 22.4 Å². The first-order chi connectivity index (χ1) is 16.1. The van der Waals surface area contributed by atoms with E-state index in [9.17, 15) is 9.90 Å².